The van der Waals surface area contributed by atoms with Gasteiger partial charge in [0, 0.05) is 12.0 Å². The highest BCUT2D eigenvalue weighted by Gasteiger charge is 2.08. The number of rotatable bonds is 3. The lowest BCUT2D eigenvalue weighted by Crippen LogP contribution is -2.09. The van der Waals surface area contributed by atoms with Crippen LogP contribution >= 0.6 is 0 Å². The van der Waals surface area contributed by atoms with E-state index in [1.165, 1.54) is 24.3 Å². The molecule has 13 heavy (non-hydrogen) atoms. The van der Waals surface area contributed by atoms with Gasteiger partial charge in [-0.15, -0.1) is 0 Å². The average molecular weight is 182 g/mol. The van der Waals surface area contributed by atoms with Crippen molar-refractivity contribution >= 4 is 5.78 Å². The van der Waals surface area contributed by atoms with Crippen molar-refractivity contribution in [1.82, 2.24) is 0 Å². The maximum Gasteiger partial charge on any atom is 0.165 e. The second-order valence-electron chi connectivity index (χ2n) is 2.98. The molecule has 0 bridgehead atoms. The predicted octanol–water partition coefficient (Wildman–Crippen LogP) is 1.78. The molecular weight excluding hydrogens is 171 g/mol. The Hall–Kier alpha value is -1.22. The molecule has 0 aliphatic rings. The third-order valence-electron chi connectivity index (χ3n) is 1.65. The van der Waals surface area contributed by atoms with E-state index in [0.717, 1.165) is 0 Å². The number of benzene rings is 1. The minimum atomic E-state index is -0.655. The van der Waals surface area contributed by atoms with Crippen LogP contribution in [-0.2, 0) is 0 Å². The molecule has 0 aliphatic carbocycles. The summed E-state index contributed by atoms with van der Waals surface area (Å²) in [6.07, 6.45) is -0.580. The number of ketones is 1. The fraction of sp³-hybridized carbons (Fsp3) is 0.300. The van der Waals surface area contributed by atoms with Gasteiger partial charge < -0.3 is 5.11 Å². The molecule has 0 fully saturated rings. The number of hydrogen-bond acceptors (Lipinski definition) is 2. The highest BCUT2D eigenvalue weighted by molar-refractivity contribution is 5.96. The van der Waals surface area contributed by atoms with E-state index in [1.54, 1.807) is 6.92 Å². The molecule has 0 radical (unpaired) electrons. The fourth-order valence-corrected chi connectivity index (χ4v) is 1.02. The van der Waals surface area contributed by atoms with E-state index in [1.807, 2.05) is 0 Å². The van der Waals surface area contributed by atoms with Crippen molar-refractivity contribution in [3.8, 4) is 0 Å². The zero-order valence-electron chi connectivity index (χ0n) is 7.33. The third kappa shape index (κ3) is 2.95. The molecule has 0 aromatic heterocycles. The van der Waals surface area contributed by atoms with Gasteiger partial charge in [-0.1, -0.05) is 0 Å². The van der Waals surface area contributed by atoms with Gasteiger partial charge in [0.15, 0.2) is 5.78 Å². The number of aliphatic hydroxyl groups is 1. The van der Waals surface area contributed by atoms with Crippen molar-refractivity contribution in [2.45, 2.75) is 19.4 Å². The molecule has 0 spiro atoms. The van der Waals surface area contributed by atoms with Gasteiger partial charge in [0.2, 0.25) is 0 Å². The van der Waals surface area contributed by atoms with Crippen LogP contribution in [0.1, 0.15) is 23.7 Å². The van der Waals surface area contributed by atoms with Crippen molar-refractivity contribution in [2.24, 2.45) is 0 Å². The molecular formula is C10H11FO2. The minimum Gasteiger partial charge on any atom is -0.393 e. The lowest BCUT2D eigenvalue weighted by Gasteiger charge is -2.02. The Kier molecular flexibility index (Phi) is 3.14. The van der Waals surface area contributed by atoms with Crippen LogP contribution in [0.3, 0.4) is 0 Å². The summed E-state index contributed by atoms with van der Waals surface area (Å²) in [5, 5.41) is 8.94. The molecule has 1 atom stereocenters. The average Bonchev–Trinajstić information content (AvgIpc) is 2.04. The van der Waals surface area contributed by atoms with Gasteiger partial charge in [0.1, 0.15) is 5.82 Å². The van der Waals surface area contributed by atoms with E-state index in [0.29, 0.717) is 5.56 Å². The highest BCUT2D eigenvalue weighted by atomic mass is 19.1. The van der Waals surface area contributed by atoms with E-state index in [-0.39, 0.29) is 18.0 Å². The van der Waals surface area contributed by atoms with Crippen molar-refractivity contribution in [3.05, 3.63) is 35.6 Å². The number of carbonyl (C=O) groups is 1. The number of aliphatic hydroxyl groups excluding tert-OH is 1. The predicted molar refractivity (Wildman–Crippen MR) is 47.0 cm³/mol. The largest absolute Gasteiger partial charge is 0.393 e. The molecule has 0 unspecified atom stereocenters. The van der Waals surface area contributed by atoms with Gasteiger partial charge in [0.05, 0.1) is 6.10 Å². The van der Waals surface area contributed by atoms with Gasteiger partial charge in [-0.2, -0.15) is 0 Å². The van der Waals surface area contributed by atoms with Crippen LogP contribution in [0.5, 0.6) is 0 Å². The maximum atomic E-state index is 12.5. The first-order valence-corrected chi connectivity index (χ1v) is 4.06. The van der Waals surface area contributed by atoms with E-state index < -0.39 is 6.10 Å². The van der Waals surface area contributed by atoms with Gasteiger partial charge in [-0.25, -0.2) is 4.39 Å². The summed E-state index contributed by atoms with van der Waals surface area (Å²) in [6.45, 7) is 1.54. The summed E-state index contributed by atoms with van der Waals surface area (Å²) < 4.78 is 12.5. The van der Waals surface area contributed by atoms with E-state index >= 15 is 0 Å². The summed E-state index contributed by atoms with van der Waals surface area (Å²) in [4.78, 5) is 11.3. The Morgan fingerprint density at radius 2 is 2.00 bits per heavy atom. The second kappa shape index (κ2) is 4.14. The van der Waals surface area contributed by atoms with Gasteiger partial charge in [0.25, 0.3) is 0 Å². The SMILES string of the molecule is C[C@@H](O)CC(=O)c1ccc(F)cc1. The van der Waals surface area contributed by atoms with E-state index in [4.69, 9.17) is 5.11 Å². The van der Waals surface area contributed by atoms with E-state index in [2.05, 4.69) is 0 Å². The molecule has 3 heteroatoms. The molecule has 0 amide bonds. The Labute approximate surface area is 76.0 Å². The third-order valence-corrected chi connectivity index (χ3v) is 1.65. The van der Waals surface area contributed by atoms with Crippen molar-refractivity contribution in [3.63, 3.8) is 0 Å². The number of carbonyl (C=O) groups excluding carboxylic acids is 1. The number of halogens is 1. The molecule has 70 valence electrons. The molecule has 1 aromatic carbocycles. The first kappa shape index (κ1) is 9.86. The normalized spacial score (nSPS) is 12.5. The summed E-state index contributed by atoms with van der Waals surface area (Å²) >= 11 is 0. The fourth-order valence-electron chi connectivity index (χ4n) is 1.02. The molecule has 0 saturated heterocycles. The van der Waals surface area contributed by atoms with Crippen molar-refractivity contribution < 1.29 is 14.3 Å². The monoisotopic (exact) mass is 182 g/mol. The zero-order valence-corrected chi connectivity index (χ0v) is 7.33. The van der Waals surface area contributed by atoms with Crippen LogP contribution < -0.4 is 0 Å². The van der Waals surface area contributed by atoms with Crippen LogP contribution in [0.2, 0.25) is 0 Å². The molecule has 1 aromatic rings. The van der Waals surface area contributed by atoms with Gasteiger partial charge >= 0.3 is 0 Å². The summed E-state index contributed by atoms with van der Waals surface area (Å²) in [7, 11) is 0. The van der Waals surface area contributed by atoms with Crippen LogP contribution in [0.4, 0.5) is 4.39 Å². The van der Waals surface area contributed by atoms with Crippen LogP contribution in [-0.4, -0.2) is 17.0 Å². The maximum absolute atomic E-state index is 12.5. The zero-order chi connectivity index (χ0) is 9.84. The van der Waals surface area contributed by atoms with Crippen molar-refractivity contribution in [1.29, 1.82) is 0 Å². The Morgan fingerprint density at radius 3 is 2.46 bits per heavy atom. The summed E-state index contributed by atoms with van der Waals surface area (Å²) in [5.41, 5.74) is 0.433. The lowest BCUT2D eigenvalue weighted by molar-refractivity contribution is 0.0901. The van der Waals surface area contributed by atoms with Crippen LogP contribution in [0, 0.1) is 5.82 Å². The lowest BCUT2D eigenvalue weighted by atomic mass is 10.1. The Balaban J connectivity index is 2.72. The van der Waals surface area contributed by atoms with Crippen LogP contribution in [0.15, 0.2) is 24.3 Å². The molecule has 0 aliphatic heterocycles. The first-order valence-electron chi connectivity index (χ1n) is 4.06. The Bertz CT molecular complexity index is 290. The van der Waals surface area contributed by atoms with Gasteiger partial charge in [-0.3, -0.25) is 4.79 Å². The first-order chi connectivity index (χ1) is 6.09. The second-order valence-corrected chi connectivity index (χ2v) is 2.98. The molecule has 1 N–H and O–H groups in total. The smallest absolute Gasteiger partial charge is 0.165 e. The summed E-state index contributed by atoms with van der Waals surface area (Å²) in [6, 6.07) is 5.30. The number of hydrogen-bond donors (Lipinski definition) is 1. The highest BCUT2D eigenvalue weighted by Crippen LogP contribution is 2.07. The minimum absolute atomic E-state index is 0.0750. The van der Waals surface area contributed by atoms with Gasteiger partial charge in [-0.05, 0) is 31.2 Å². The summed E-state index contributed by atoms with van der Waals surface area (Å²) in [5.74, 6) is -0.538. The number of Topliss-reactive ketones (excluding diaryl/α,β-unsaturated/α-hetero) is 1. The quantitative estimate of drug-likeness (QED) is 0.723. The molecule has 1 rings (SSSR count). The Morgan fingerprint density at radius 1 is 1.46 bits per heavy atom. The van der Waals surface area contributed by atoms with E-state index in [9.17, 15) is 9.18 Å². The molecule has 2 nitrogen and oxygen atoms in total. The molecule has 0 heterocycles. The van der Waals surface area contributed by atoms with Crippen LogP contribution in [0.25, 0.3) is 0 Å². The molecule has 0 saturated carbocycles. The standard InChI is InChI=1S/C10H11FO2/c1-7(12)6-10(13)8-2-4-9(11)5-3-8/h2-5,7,12H,6H2,1H3/t7-/m1/s1. The topological polar surface area (TPSA) is 37.3 Å². The van der Waals surface area contributed by atoms with Crippen molar-refractivity contribution in [2.75, 3.05) is 0 Å².